The Balaban J connectivity index is 1.80. The van der Waals surface area contributed by atoms with Crippen molar-refractivity contribution in [2.24, 2.45) is 11.8 Å². The average Bonchev–Trinajstić information content (AvgIpc) is 2.32. The fourth-order valence-electron chi connectivity index (χ4n) is 3.57. The molecule has 0 aromatic rings. The molecule has 0 amide bonds. The van der Waals surface area contributed by atoms with E-state index in [4.69, 9.17) is 0 Å². The smallest absolute Gasteiger partial charge is 0.211 e. The van der Waals surface area contributed by atoms with Crippen LogP contribution in [0.15, 0.2) is 0 Å². The summed E-state index contributed by atoms with van der Waals surface area (Å²) in [6.45, 7) is 6.04. The minimum absolute atomic E-state index is 0.499. The lowest BCUT2D eigenvalue weighted by atomic mass is 9.79. The van der Waals surface area contributed by atoms with Gasteiger partial charge < -0.3 is 5.32 Å². The van der Waals surface area contributed by atoms with Gasteiger partial charge in [-0.3, -0.25) is 0 Å². The molecule has 4 nitrogen and oxygen atoms in total. The second-order valence-corrected chi connectivity index (χ2v) is 8.59. The molecule has 112 valence electrons. The van der Waals surface area contributed by atoms with Gasteiger partial charge in [0.2, 0.25) is 10.0 Å². The highest BCUT2D eigenvalue weighted by Crippen LogP contribution is 2.29. The predicted octanol–water partition coefficient (Wildman–Crippen LogP) is 1.82. The van der Waals surface area contributed by atoms with Crippen LogP contribution in [0.2, 0.25) is 0 Å². The van der Waals surface area contributed by atoms with Crippen LogP contribution in [0.1, 0.15) is 46.0 Å². The maximum absolute atomic E-state index is 11.5. The van der Waals surface area contributed by atoms with E-state index in [1.807, 2.05) is 0 Å². The zero-order chi connectivity index (χ0) is 14.0. The largest absolute Gasteiger partial charge is 0.311 e. The molecule has 1 saturated heterocycles. The standard InChI is InChI=1S/C14H28N2O2S/c1-11-4-5-14(12(2)10-11)15-13-6-8-16(9-7-13)19(3,17)18/h11-15H,4-10H2,1-3H3. The third-order valence-corrected chi connectivity index (χ3v) is 6.11. The van der Waals surface area contributed by atoms with Crippen LogP contribution in [0.4, 0.5) is 0 Å². The number of nitrogens with zero attached hydrogens (tertiary/aromatic N) is 1. The maximum atomic E-state index is 11.5. The number of sulfonamides is 1. The monoisotopic (exact) mass is 288 g/mol. The lowest BCUT2D eigenvalue weighted by molar-refractivity contribution is 0.190. The van der Waals surface area contributed by atoms with Gasteiger partial charge in [-0.25, -0.2) is 12.7 Å². The van der Waals surface area contributed by atoms with Gasteiger partial charge in [-0.1, -0.05) is 13.8 Å². The zero-order valence-corrected chi connectivity index (χ0v) is 13.2. The summed E-state index contributed by atoms with van der Waals surface area (Å²) in [7, 11) is -2.99. The van der Waals surface area contributed by atoms with Gasteiger partial charge in [0.15, 0.2) is 0 Å². The van der Waals surface area contributed by atoms with Gasteiger partial charge in [0.1, 0.15) is 0 Å². The highest BCUT2D eigenvalue weighted by molar-refractivity contribution is 7.88. The van der Waals surface area contributed by atoms with Gasteiger partial charge in [-0.05, 0) is 43.9 Å². The van der Waals surface area contributed by atoms with E-state index in [1.165, 1.54) is 25.5 Å². The first-order chi connectivity index (χ1) is 8.86. The first kappa shape index (κ1) is 15.3. The summed E-state index contributed by atoms with van der Waals surface area (Å²) >= 11 is 0. The van der Waals surface area contributed by atoms with Crippen LogP contribution in [0.3, 0.4) is 0 Å². The van der Waals surface area contributed by atoms with Crippen LogP contribution in [0.5, 0.6) is 0 Å². The number of piperidine rings is 1. The fraction of sp³-hybridized carbons (Fsp3) is 1.00. The van der Waals surface area contributed by atoms with Crippen LogP contribution < -0.4 is 5.32 Å². The molecule has 0 radical (unpaired) electrons. The van der Waals surface area contributed by atoms with Crippen molar-refractivity contribution in [1.29, 1.82) is 0 Å². The molecular weight excluding hydrogens is 260 g/mol. The summed E-state index contributed by atoms with van der Waals surface area (Å²) in [4.78, 5) is 0. The van der Waals surface area contributed by atoms with Crippen molar-refractivity contribution in [3.05, 3.63) is 0 Å². The SMILES string of the molecule is CC1CCC(NC2CCN(S(C)(=O)=O)CC2)C(C)C1. The minimum Gasteiger partial charge on any atom is -0.311 e. The van der Waals surface area contributed by atoms with Gasteiger partial charge in [0, 0.05) is 25.2 Å². The van der Waals surface area contributed by atoms with E-state index in [0.29, 0.717) is 25.2 Å². The first-order valence-corrected chi connectivity index (χ1v) is 9.42. The van der Waals surface area contributed by atoms with E-state index in [2.05, 4.69) is 19.2 Å². The molecule has 0 aromatic carbocycles. The highest BCUT2D eigenvalue weighted by atomic mass is 32.2. The summed E-state index contributed by atoms with van der Waals surface area (Å²) in [5.41, 5.74) is 0. The number of nitrogens with one attached hydrogen (secondary N) is 1. The fourth-order valence-corrected chi connectivity index (χ4v) is 4.44. The molecule has 2 fully saturated rings. The Hall–Kier alpha value is -0.130. The Labute approximate surface area is 118 Å². The first-order valence-electron chi connectivity index (χ1n) is 7.57. The van der Waals surface area contributed by atoms with Crippen LogP contribution in [0, 0.1) is 11.8 Å². The second-order valence-electron chi connectivity index (χ2n) is 6.60. The summed E-state index contributed by atoms with van der Waals surface area (Å²) in [6.07, 6.45) is 7.13. The molecule has 0 spiro atoms. The van der Waals surface area contributed by atoms with Gasteiger partial charge in [0.05, 0.1) is 6.26 Å². The molecule has 1 saturated carbocycles. The van der Waals surface area contributed by atoms with Crippen molar-refractivity contribution in [3.63, 3.8) is 0 Å². The summed E-state index contributed by atoms with van der Waals surface area (Å²) < 4.78 is 24.6. The Bertz CT molecular complexity index is 388. The lowest BCUT2D eigenvalue weighted by Crippen LogP contribution is -2.50. The molecule has 3 atom stereocenters. The van der Waals surface area contributed by atoms with Crippen LogP contribution in [-0.4, -0.2) is 44.2 Å². The van der Waals surface area contributed by atoms with E-state index in [1.54, 1.807) is 4.31 Å². The van der Waals surface area contributed by atoms with Gasteiger partial charge >= 0.3 is 0 Å². The van der Waals surface area contributed by atoms with Crippen LogP contribution in [-0.2, 0) is 10.0 Å². The van der Waals surface area contributed by atoms with E-state index in [9.17, 15) is 8.42 Å². The molecule has 0 bridgehead atoms. The third kappa shape index (κ3) is 4.17. The van der Waals surface area contributed by atoms with Gasteiger partial charge in [-0.2, -0.15) is 0 Å². The minimum atomic E-state index is -2.99. The average molecular weight is 288 g/mol. The molecule has 1 heterocycles. The van der Waals surface area contributed by atoms with Crippen LogP contribution in [0.25, 0.3) is 0 Å². The van der Waals surface area contributed by atoms with Crippen molar-refractivity contribution in [2.75, 3.05) is 19.3 Å². The molecule has 0 aromatic heterocycles. The molecule has 2 aliphatic rings. The number of hydrogen-bond acceptors (Lipinski definition) is 3. The summed E-state index contributed by atoms with van der Waals surface area (Å²) in [5, 5.41) is 3.78. The van der Waals surface area contributed by atoms with E-state index < -0.39 is 10.0 Å². The molecular formula is C14H28N2O2S. The van der Waals surface area contributed by atoms with Gasteiger partial charge in [0.25, 0.3) is 0 Å². The maximum Gasteiger partial charge on any atom is 0.211 e. The van der Waals surface area contributed by atoms with Crippen molar-refractivity contribution in [3.8, 4) is 0 Å². The van der Waals surface area contributed by atoms with Crippen molar-refractivity contribution >= 4 is 10.0 Å². The summed E-state index contributed by atoms with van der Waals surface area (Å²) in [6, 6.07) is 1.13. The normalized spacial score (nSPS) is 35.4. The summed E-state index contributed by atoms with van der Waals surface area (Å²) in [5.74, 6) is 1.61. The predicted molar refractivity (Wildman–Crippen MR) is 78.5 cm³/mol. The molecule has 1 aliphatic heterocycles. The Morgan fingerprint density at radius 3 is 2.21 bits per heavy atom. The molecule has 1 aliphatic carbocycles. The topological polar surface area (TPSA) is 49.4 Å². The molecule has 19 heavy (non-hydrogen) atoms. The van der Waals surface area contributed by atoms with Crippen LogP contribution >= 0.6 is 0 Å². The Morgan fingerprint density at radius 1 is 1.05 bits per heavy atom. The zero-order valence-electron chi connectivity index (χ0n) is 12.4. The molecule has 5 heteroatoms. The van der Waals surface area contributed by atoms with E-state index in [0.717, 1.165) is 24.7 Å². The number of hydrogen-bond donors (Lipinski definition) is 1. The van der Waals surface area contributed by atoms with E-state index >= 15 is 0 Å². The van der Waals surface area contributed by atoms with Crippen molar-refractivity contribution in [2.45, 2.75) is 58.0 Å². The molecule has 2 rings (SSSR count). The van der Waals surface area contributed by atoms with Crippen molar-refractivity contribution < 1.29 is 8.42 Å². The Morgan fingerprint density at radius 2 is 1.68 bits per heavy atom. The molecule has 3 unspecified atom stereocenters. The lowest BCUT2D eigenvalue weighted by Gasteiger charge is -2.38. The molecule has 1 N–H and O–H groups in total. The third-order valence-electron chi connectivity index (χ3n) is 4.80. The highest BCUT2D eigenvalue weighted by Gasteiger charge is 2.30. The van der Waals surface area contributed by atoms with Crippen molar-refractivity contribution in [1.82, 2.24) is 9.62 Å². The second kappa shape index (κ2) is 6.10. The quantitative estimate of drug-likeness (QED) is 0.862. The van der Waals surface area contributed by atoms with E-state index in [-0.39, 0.29) is 0 Å². The van der Waals surface area contributed by atoms with Gasteiger partial charge in [-0.15, -0.1) is 0 Å². The number of rotatable bonds is 3. The Kier molecular flexibility index (Phi) is 4.90.